The van der Waals surface area contributed by atoms with Crippen LogP contribution in [0.1, 0.15) is 69.1 Å². The Labute approximate surface area is 183 Å². The third-order valence-corrected chi connectivity index (χ3v) is 5.77. The van der Waals surface area contributed by atoms with Gasteiger partial charge in [-0.05, 0) is 92.6 Å². The highest BCUT2D eigenvalue weighted by Gasteiger charge is 2.29. The monoisotopic (exact) mass is 426 g/mol. The van der Waals surface area contributed by atoms with E-state index in [1.54, 1.807) is 0 Å². The number of hydrogen-bond acceptors (Lipinski definition) is 6. The number of nitrogens with one attached hydrogen (secondary N) is 1. The van der Waals surface area contributed by atoms with Gasteiger partial charge in [0.1, 0.15) is 0 Å². The van der Waals surface area contributed by atoms with Crippen molar-refractivity contribution in [2.45, 2.75) is 72.5 Å². The minimum atomic E-state index is -0.259. The summed E-state index contributed by atoms with van der Waals surface area (Å²) in [7, 11) is 0. The van der Waals surface area contributed by atoms with E-state index in [1.807, 2.05) is 23.7 Å². The fourth-order valence-electron chi connectivity index (χ4n) is 3.96. The minimum Gasteiger partial charge on any atom is -0.396 e. The van der Waals surface area contributed by atoms with Crippen LogP contribution in [0.3, 0.4) is 0 Å². The van der Waals surface area contributed by atoms with Crippen molar-refractivity contribution in [3.05, 3.63) is 51.1 Å². The second-order valence-corrected chi connectivity index (χ2v) is 9.24. The van der Waals surface area contributed by atoms with E-state index in [0.29, 0.717) is 25.1 Å². The molecule has 0 bridgehead atoms. The summed E-state index contributed by atoms with van der Waals surface area (Å²) in [5, 5.41) is 22.9. The molecule has 0 aliphatic heterocycles. The van der Waals surface area contributed by atoms with Crippen molar-refractivity contribution in [3.8, 4) is 0 Å². The fraction of sp³-hybridized carbons (Fsp3) is 0.565. The quantitative estimate of drug-likeness (QED) is 0.574. The van der Waals surface area contributed by atoms with Crippen LogP contribution in [0.2, 0.25) is 0 Å². The van der Waals surface area contributed by atoms with Gasteiger partial charge in [-0.2, -0.15) is 0 Å². The Morgan fingerprint density at radius 2 is 1.90 bits per heavy atom. The smallest absolute Gasteiger partial charge is 0.252 e. The standard InChI is InChI=1S/C23H34N6O2/c1-7-20(21-25-26-27-29(21)23(4,5)6)28(9-8-10-30)14-18-13-17-11-15(2)16(3)12-19(17)24-22(18)31/h11-13,20,30H,7-10,14H2,1-6H3,(H,24,31)/t20-/m1/s1. The van der Waals surface area contributed by atoms with Gasteiger partial charge < -0.3 is 10.1 Å². The molecule has 8 nitrogen and oxygen atoms in total. The molecule has 2 heterocycles. The topological polar surface area (TPSA) is 99.9 Å². The number of tetrazole rings is 1. The van der Waals surface area contributed by atoms with E-state index in [4.69, 9.17) is 0 Å². The highest BCUT2D eigenvalue weighted by molar-refractivity contribution is 5.80. The molecule has 0 unspecified atom stereocenters. The van der Waals surface area contributed by atoms with Crippen LogP contribution < -0.4 is 5.56 Å². The summed E-state index contributed by atoms with van der Waals surface area (Å²) >= 11 is 0. The Kier molecular flexibility index (Phi) is 6.91. The third-order valence-electron chi connectivity index (χ3n) is 5.77. The molecule has 2 aromatic heterocycles. The number of fused-ring (bicyclic) bond motifs is 1. The average Bonchev–Trinajstić information content (AvgIpc) is 3.18. The molecule has 0 radical (unpaired) electrons. The number of nitrogens with zero attached hydrogens (tertiary/aromatic N) is 5. The third kappa shape index (κ3) is 5.02. The van der Waals surface area contributed by atoms with Gasteiger partial charge in [-0.15, -0.1) is 5.10 Å². The lowest BCUT2D eigenvalue weighted by atomic mass is 10.0. The SMILES string of the molecule is CC[C@H](c1nnnn1C(C)(C)C)N(CCCO)Cc1cc2cc(C)c(C)cc2[nH]c1=O. The number of aryl methyl sites for hydroxylation is 2. The van der Waals surface area contributed by atoms with Gasteiger partial charge in [-0.25, -0.2) is 4.68 Å². The second kappa shape index (κ2) is 9.28. The zero-order valence-electron chi connectivity index (χ0n) is 19.4. The molecule has 0 fully saturated rings. The number of H-pyrrole nitrogens is 1. The molecule has 0 saturated carbocycles. The first-order chi connectivity index (χ1) is 14.7. The Morgan fingerprint density at radius 1 is 1.19 bits per heavy atom. The number of aromatic amines is 1. The Bertz CT molecular complexity index is 1100. The van der Waals surface area contributed by atoms with Crippen LogP contribution in [-0.2, 0) is 12.1 Å². The van der Waals surface area contributed by atoms with Crippen LogP contribution in [0.15, 0.2) is 23.0 Å². The van der Waals surface area contributed by atoms with Gasteiger partial charge in [0.05, 0.1) is 11.6 Å². The lowest BCUT2D eigenvalue weighted by molar-refractivity contribution is 0.146. The van der Waals surface area contributed by atoms with Crippen LogP contribution in [0.25, 0.3) is 10.9 Å². The molecule has 0 amide bonds. The largest absolute Gasteiger partial charge is 0.396 e. The molecule has 1 atom stereocenters. The van der Waals surface area contributed by atoms with Gasteiger partial charge in [0.2, 0.25) is 0 Å². The van der Waals surface area contributed by atoms with E-state index in [0.717, 1.165) is 28.7 Å². The van der Waals surface area contributed by atoms with Gasteiger partial charge in [0, 0.05) is 30.8 Å². The highest BCUT2D eigenvalue weighted by atomic mass is 16.3. The first-order valence-corrected chi connectivity index (χ1v) is 10.9. The van der Waals surface area contributed by atoms with Crippen molar-refractivity contribution in [2.24, 2.45) is 0 Å². The van der Waals surface area contributed by atoms with Crippen LogP contribution in [0, 0.1) is 13.8 Å². The molecule has 0 aliphatic carbocycles. The van der Waals surface area contributed by atoms with E-state index in [9.17, 15) is 9.90 Å². The number of hydrogen-bond donors (Lipinski definition) is 2. The van der Waals surface area contributed by atoms with Gasteiger partial charge in [-0.1, -0.05) is 6.92 Å². The van der Waals surface area contributed by atoms with Crippen molar-refractivity contribution >= 4 is 10.9 Å². The molecule has 3 rings (SSSR count). The Hall–Kier alpha value is -2.58. The first kappa shape index (κ1) is 23.1. The first-order valence-electron chi connectivity index (χ1n) is 10.9. The van der Waals surface area contributed by atoms with E-state index in [1.165, 1.54) is 5.56 Å². The molecule has 0 aliphatic rings. The van der Waals surface area contributed by atoms with E-state index < -0.39 is 0 Å². The fourth-order valence-corrected chi connectivity index (χ4v) is 3.96. The zero-order valence-corrected chi connectivity index (χ0v) is 19.4. The van der Waals surface area contributed by atoms with Crippen LogP contribution in [-0.4, -0.2) is 48.3 Å². The summed E-state index contributed by atoms with van der Waals surface area (Å²) in [5.74, 6) is 0.775. The van der Waals surface area contributed by atoms with Gasteiger partial charge in [0.15, 0.2) is 5.82 Å². The van der Waals surface area contributed by atoms with Gasteiger partial charge in [-0.3, -0.25) is 9.69 Å². The van der Waals surface area contributed by atoms with Crippen molar-refractivity contribution in [2.75, 3.05) is 13.2 Å². The number of aliphatic hydroxyl groups is 1. The summed E-state index contributed by atoms with van der Waals surface area (Å²) < 4.78 is 1.85. The number of aromatic nitrogens is 5. The molecule has 3 aromatic rings. The zero-order chi connectivity index (χ0) is 22.8. The number of rotatable bonds is 8. The molecule has 31 heavy (non-hydrogen) atoms. The maximum absolute atomic E-state index is 12.9. The highest BCUT2D eigenvalue weighted by Crippen LogP contribution is 2.27. The predicted octanol–water partition coefficient (Wildman–Crippen LogP) is 3.22. The molecule has 0 saturated heterocycles. The summed E-state index contributed by atoms with van der Waals surface area (Å²) in [4.78, 5) is 18.1. The van der Waals surface area contributed by atoms with Crippen LogP contribution in [0.4, 0.5) is 0 Å². The van der Waals surface area contributed by atoms with E-state index >= 15 is 0 Å². The molecule has 2 N–H and O–H groups in total. The summed E-state index contributed by atoms with van der Waals surface area (Å²) in [6, 6.07) is 6.03. The van der Waals surface area contributed by atoms with Crippen LogP contribution >= 0.6 is 0 Å². The van der Waals surface area contributed by atoms with Crippen molar-refractivity contribution in [1.29, 1.82) is 0 Å². The summed E-state index contributed by atoms with van der Waals surface area (Å²) in [6.45, 7) is 13.6. The number of pyridine rings is 1. The second-order valence-electron chi connectivity index (χ2n) is 9.24. The lowest BCUT2D eigenvalue weighted by Gasteiger charge is -2.32. The molecule has 0 spiro atoms. The number of benzene rings is 1. The van der Waals surface area contributed by atoms with Crippen molar-refractivity contribution < 1.29 is 5.11 Å². The van der Waals surface area contributed by atoms with Crippen molar-refractivity contribution in [1.82, 2.24) is 30.1 Å². The van der Waals surface area contributed by atoms with Crippen LogP contribution in [0.5, 0.6) is 0 Å². The Morgan fingerprint density at radius 3 is 2.55 bits per heavy atom. The van der Waals surface area contributed by atoms with E-state index in [2.05, 4.69) is 66.1 Å². The molecular weight excluding hydrogens is 392 g/mol. The minimum absolute atomic E-state index is 0.0735. The maximum atomic E-state index is 12.9. The average molecular weight is 427 g/mol. The Balaban J connectivity index is 2.01. The molecule has 8 heteroatoms. The molecule has 1 aromatic carbocycles. The molecule has 168 valence electrons. The lowest BCUT2D eigenvalue weighted by Crippen LogP contribution is -2.36. The predicted molar refractivity (Wildman–Crippen MR) is 122 cm³/mol. The maximum Gasteiger partial charge on any atom is 0.252 e. The van der Waals surface area contributed by atoms with E-state index in [-0.39, 0.29) is 23.7 Å². The number of aliphatic hydroxyl groups excluding tert-OH is 1. The van der Waals surface area contributed by atoms with Gasteiger partial charge >= 0.3 is 0 Å². The summed E-state index contributed by atoms with van der Waals surface area (Å²) in [5.41, 5.74) is 3.54. The van der Waals surface area contributed by atoms with Crippen molar-refractivity contribution in [3.63, 3.8) is 0 Å². The molecular formula is C23H34N6O2. The summed E-state index contributed by atoms with van der Waals surface area (Å²) in [6.07, 6.45) is 1.39. The normalized spacial score (nSPS) is 13.3. The van der Waals surface area contributed by atoms with Gasteiger partial charge in [0.25, 0.3) is 5.56 Å².